The molecule has 3 aromatic rings. The minimum Gasteiger partial charge on any atom is -0.439 e. The standard InChI is InChI=1S/C23H24FN5O2/c1-15-12-21(31-19-9-5-16(6-10-19)22(25)30)28-23(27-15)20-4-2-3-11-29(20)14-18-8-7-17(24)13-26-18/h5-10,12-13,20H,2-4,11,14H2,1H3,(H2,25,30). The number of likely N-dealkylation sites (tertiary alicyclic amines) is 1. The van der Waals surface area contributed by atoms with E-state index in [-0.39, 0.29) is 11.9 Å². The number of halogens is 1. The lowest BCUT2D eigenvalue weighted by Gasteiger charge is -2.34. The fraction of sp³-hybridized carbons (Fsp3) is 0.304. The average Bonchev–Trinajstić information content (AvgIpc) is 2.76. The highest BCUT2D eigenvalue weighted by Gasteiger charge is 2.27. The zero-order valence-corrected chi connectivity index (χ0v) is 17.3. The summed E-state index contributed by atoms with van der Waals surface area (Å²) in [6.07, 6.45) is 4.34. The highest BCUT2D eigenvalue weighted by Crippen LogP contribution is 2.32. The summed E-state index contributed by atoms with van der Waals surface area (Å²) in [5, 5.41) is 0. The van der Waals surface area contributed by atoms with Gasteiger partial charge in [0.05, 0.1) is 17.9 Å². The van der Waals surface area contributed by atoms with Gasteiger partial charge >= 0.3 is 0 Å². The molecule has 1 aliphatic rings. The number of benzene rings is 1. The van der Waals surface area contributed by atoms with E-state index >= 15 is 0 Å². The first-order valence-corrected chi connectivity index (χ1v) is 10.3. The van der Waals surface area contributed by atoms with Crippen molar-refractivity contribution in [3.8, 4) is 11.6 Å². The van der Waals surface area contributed by atoms with E-state index in [1.54, 1.807) is 36.4 Å². The summed E-state index contributed by atoms with van der Waals surface area (Å²) in [5.41, 5.74) is 7.32. The number of piperidine rings is 1. The quantitative estimate of drug-likeness (QED) is 0.648. The molecule has 1 saturated heterocycles. The number of hydrogen-bond donors (Lipinski definition) is 1. The predicted molar refractivity (Wildman–Crippen MR) is 113 cm³/mol. The Morgan fingerprint density at radius 3 is 2.71 bits per heavy atom. The summed E-state index contributed by atoms with van der Waals surface area (Å²) in [4.78, 5) is 27.1. The summed E-state index contributed by atoms with van der Waals surface area (Å²) in [7, 11) is 0. The highest BCUT2D eigenvalue weighted by molar-refractivity contribution is 5.92. The van der Waals surface area contributed by atoms with E-state index in [0.717, 1.165) is 37.2 Å². The Morgan fingerprint density at radius 2 is 2.00 bits per heavy atom. The number of amides is 1. The topological polar surface area (TPSA) is 94.2 Å². The van der Waals surface area contributed by atoms with Crippen LogP contribution in [-0.4, -0.2) is 32.3 Å². The number of primary amides is 1. The van der Waals surface area contributed by atoms with Gasteiger partial charge in [0.2, 0.25) is 11.8 Å². The predicted octanol–water partition coefficient (Wildman–Crippen LogP) is 3.94. The molecule has 1 amide bonds. The van der Waals surface area contributed by atoms with Gasteiger partial charge in [-0.05, 0) is 62.7 Å². The first kappa shape index (κ1) is 20.9. The molecule has 0 spiro atoms. The first-order chi connectivity index (χ1) is 15.0. The SMILES string of the molecule is Cc1cc(Oc2ccc(C(N)=O)cc2)nc(C2CCCCN2Cc2ccc(F)cn2)n1. The molecule has 0 saturated carbocycles. The number of aryl methyl sites for hydroxylation is 1. The Bertz CT molecular complexity index is 1060. The van der Waals surface area contributed by atoms with Crippen molar-refractivity contribution in [3.05, 3.63) is 77.3 Å². The fourth-order valence-corrected chi connectivity index (χ4v) is 3.75. The van der Waals surface area contributed by atoms with Crippen LogP contribution in [0.25, 0.3) is 0 Å². The molecule has 7 nitrogen and oxygen atoms in total. The van der Waals surface area contributed by atoms with Crippen LogP contribution in [0.4, 0.5) is 4.39 Å². The molecule has 160 valence electrons. The second-order valence-electron chi connectivity index (χ2n) is 7.65. The lowest BCUT2D eigenvalue weighted by atomic mass is 10.0. The van der Waals surface area contributed by atoms with Crippen molar-refractivity contribution in [2.75, 3.05) is 6.54 Å². The molecule has 0 bridgehead atoms. The molecule has 2 N–H and O–H groups in total. The summed E-state index contributed by atoms with van der Waals surface area (Å²) >= 11 is 0. The maximum absolute atomic E-state index is 13.2. The van der Waals surface area contributed by atoms with Crippen LogP contribution in [0.5, 0.6) is 11.6 Å². The van der Waals surface area contributed by atoms with Crippen molar-refractivity contribution in [1.82, 2.24) is 19.9 Å². The molecule has 8 heteroatoms. The van der Waals surface area contributed by atoms with Gasteiger partial charge in [0.25, 0.3) is 0 Å². The van der Waals surface area contributed by atoms with E-state index in [1.807, 2.05) is 6.92 Å². The number of nitrogens with two attached hydrogens (primary N) is 1. The third-order valence-electron chi connectivity index (χ3n) is 5.27. The van der Waals surface area contributed by atoms with E-state index in [0.29, 0.717) is 29.6 Å². The van der Waals surface area contributed by atoms with Gasteiger partial charge in [-0.25, -0.2) is 9.37 Å². The molecule has 1 atom stereocenters. The number of carbonyl (C=O) groups excluding carboxylic acids is 1. The Morgan fingerprint density at radius 1 is 1.19 bits per heavy atom. The average molecular weight is 421 g/mol. The number of ether oxygens (including phenoxy) is 1. The van der Waals surface area contributed by atoms with Crippen LogP contribution in [-0.2, 0) is 6.54 Å². The van der Waals surface area contributed by atoms with Gasteiger partial charge in [-0.15, -0.1) is 0 Å². The van der Waals surface area contributed by atoms with Crippen LogP contribution in [0, 0.1) is 12.7 Å². The number of hydrogen-bond acceptors (Lipinski definition) is 6. The van der Waals surface area contributed by atoms with Crippen LogP contribution < -0.4 is 10.5 Å². The smallest absolute Gasteiger partial charge is 0.248 e. The largest absolute Gasteiger partial charge is 0.439 e. The van der Waals surface area contributed by atoms with E-state index in [2.05, 4.69) is 19.9 Å². The summed E-state index contributed by atoms with van der Waals surface area (Å²) < 4.78 is 19.1. The fourth-order valence-electron chi connectivity index (χ4n) is 3.75. The van der Waals surface area contributed by atoms with E-state index < -0.39 is 5.91 Å². The molecule has 1 fully saturated rings. The van der Waals surface area contributed by atoms with Crippen molar-refractivity contribution < 1.29 is 13.9 Å². The third-order valence-corrected chi connectivity index (χ3v) is 5.27. The zero-order valence-electron chi connectivity index (χ0n) is 17.3. The second-order valence-corrected chi connectivity index (χ2v) is 7.65. The molecule has 1 aromatic carbocycles. The number of rotatable bonds is 6. The van der Waals surface area contributed by atoms with Crippen LogP contribution in [0.1, 0.15) is 52.9 Å². The molecule has 1 aliphatic heterocycles. The Balaban J connectivity index is 1.55. The first-order valence-electron chi connectivity index (χ1n) is 10.3. The molecule has 1 unspecified atom stereocenters. The van der Waals surface area contributed by atoms with Crippen LogP contribution in [0.2, 0.25) is 0 Å². The summed E-state index contributed by atoms with van der Waals surface area (Å²) in [5.74, 6) is 0.877. The van der Waals surface area contributed by atoms with Crippen molar-refractivity contribution in [2.45, 2.75) is 38.8 Å². The van der Waals surface area contributed by atoms with Crippen LogP contribution in [0.3, 0.4) is 0 Å². The molecule has 31 heavy (non-hydrogen) atoms. The van der Waals surface area contributed by atoms with Crippen molar-refractivity contribution >= 4 is 5.91 Å². The Labute approximate surface area is 180 Å². The lowest BCUT2D eigenvalue weighted by Crippen LogP contribution is -2.34. The number of nitrogens with zero attached hydrogens (tertiary/aromatic N) is 4. The summed E-state index contributed by atoms with van der Waals surface area (Å²) in [6.45, 7) is 3.40. The molecule has 0 radical (unpaired) electrons. The van der Waals surface area contributed by atoms with Gasteiger partial charge in [0.15, 0.2) is 0 Å². The van der Waals surface area contributed by atoms with Gasteiger partial charge < -0.3 is 10.5 Å². The Kier molecular flexibility index (Phi) is 6.18. The molecule has 0 aliphatic carbocycles. The summed E-state index contributed by atoms with van der Waals surface area (Å²) in [6, 6.07) is 11.5. The minimum atomic E-state index is -0.486. The van der Waals surface area contributed by atoms with Gasteiger partial charge in [-0.1, -0.05) is 6.42 Å². The molecular formula is C23H24FN5O2. The number of aromatic nitrogens is 3. The maximum Gasteiger partial charge on any atom is 0.248 e. The number of pyridine rings is 1. The van der Waals surface area contributed by atoms with Crippen molar-refractivity contribution in [3.63, 3.8) is 0 Å². The van der Waals surface area contributed by atoms with Gasteiger partial charge in [0, 0.05) is 23.9 Å². The molecule has 2 aromatic heterocycles. The van der Waals surface area contributed by atoms with Gasteiger partial charge in [0.1, 0.15) is 17.4 Å². The van der Waals surface area contributed by atoms with E-state index in [4.69, 9.17) is 10.5 Å². The molecular weight excluding hydrogens is 397 g/mol. The zero-order chi connectivity index (χ0) is 21.8. The Hall–Kier alpha value is -3.39. The van der Waals surface area contributed by atoms with E-state index in [9.17, 15) is 9.18 Å². The normalized spacial score (nSPS) is 16.8. The second kappa shape index (κ2) is 9.18. The van der Waals surface area contributed by atoms with Crippen LogP contribution in [0.15, 0.2) is 48.7 Å². The van der Waals surface area contributed by atoms with Crippen molar-refractivity contribution in [2.24, 2.45) is 5.73 Å². The van der Waals surface area contributed by atoms with Crippen molar-refractivity contribution in [1.29, 1.82) is 0 Å². The van der Waals surface area contributed by atoms with E-state index in [1.165, 1.54) is 12.3 Å². The van der Waals surface area contributed by atoms with Gasteiger partial charge in [-0.3, -0.25) is 14.7 Å². The highest BCUT2D eigenvalue weighted by atomic mass is 19.1. The minimum absolute atomic E-state index is 0.0279. The molecule has 4 rings (SSSR count). The van der Waals surface area contributed by atoms with Crippen LogP contribution >= 0.6 is 0 Å². The maximum atomic E-state index is 13.2. The third kappa shape index (κ3) is 5.21. The number of carbonyl (C=O) groups is 1. The van der Waals surface area contributed by atoms with Gasteiger partial charge in [-0.2, -0.15) is 4.98 Å². The monoisotopic (exact) mass is 421 g/mol. The molecule has 3 heterocycles. The lowest BCUT2D eigenvalue weighted by molar-refractivity contribution is 0.100.